The monoisotopic (exact) mass is 273 g/mol. The molecule has 0 saturated carbocycles. The Hall–Kier alpha value is -0.330. The minimum Gasteiger partial charge on any atom is -0.192 e. The molecule has 0 aliphatic carbocycles. The maximum Gasteiger partial charge on any atom is 0.0995 e. The zero-order valence-electron chi connectivity index (χ0n) is 5.59. The van der Waals surface area contributed by atoms with Crippen molar-refractivity contribution < 1.29 is 0 Å². The molecule has 0 fully saturated rings. The summed E-state index contributed by atoms with van der Waals surface area (Å²) in [7, 11) is 0. The molecule has 0 aromatic heterocycles. The van der Waals surface area contributed by atoms with Crippen molar-refractivity contribution in [2.24, 2.45) is 0 Å². The number of alkyl halides is 2. The summed E-state index contributed by atoms with van der Waals surface area (Å²) in [6.07, 6.45) is 0. The number of halogens is 2. The van der Waals surface area contributed by atoms with Gasteiger partial charge in [-0.15, -0.1) is 0 Å². The fourth-order valence-electron chi connectivity index (χ4n) is 0.789. The molecule has 0 amide bonds. The average molecular weight is 275 g/mol. The molecule has 3 heteroatoms. The van der Waals surface area contributed by atoms with Crippen molar-refractivity contribution in [1.29, 1.82) is 5.26 Å². The summed E-state index contributed by atoms with van der Waals surface area (Å²) < 4.78 is 0.0610. The molecular formula is C8H5Br2N. The van der Waals surface area contributed by atoms with E-state index in [-0.39, 0.29) is 3.74 Å². The van der Waals surface area contributed by atoms with E-state index in [1.807, 2.05) is 18.2 Å². The van der Waals surface area contributed by atoms with Gasteiger partial charge in [-0.05, 0) is 11.6 Å². The molecule has 0 aliphatic heterocycles. The molecule has 0 heterocycles. The van der Waals surface area contributed by atoms with E-state index in [4.69, 9.17) is 5.26 Å². The van der Waals surface area contributed by atoms with Crippen LogP contribution in [0.1, 0.15) is 14.9 Å². The van der Waals surface area contributed by atoms with Gasteiger partial charge in [0.2, 0.25) is 0 Å². The van der Waals surface area contributed by atoms with Crippen LogP contribution in [0, 0.1) is 11.3 Å². The second-order valence-corrected chi connectivity index (χ2v) is 5.06. The van der Waals surface area contributed by atoms with Gasteiger partial charge in [0, 0.05) is 0 Å². The molecule has 0 spiro atoms. The van der Waals surface area contributed by atoms with Gasteiger partial charge in [-0.3, -0.25) is 0 Å². The lowest BCUT2D eigenvalue weighted by molar-refractivity contribution is 1.36. The Morgan fingerprint density at radius 2 is 1.91 bits per heavy atom. The molecule has 0 radical (unpaired) electrons. The molecule has 1 aromatic carbocycles. The van der Waals surface area contributed by atoms with Crippen molar-refractivity contribution in [1.82, 2.24) is 0 Å². The maximum absolute atomic E-state index is 8.68. The topological polar surface area (TPSA) is 23.8 Å². The van der Waals surface area contributed by atoms with E-state index < -0.39 is 0 Å². The van der Waals surface area contributed by atoms with Crippen LogP contribution < -0.4 is 0 Å². The Labute approximate surface area is 82.3 Å². The summed E-state index contributed by atoms with van der Waals surface area (Å²) in [6.45, 7) is 0. The lowest BCUT2D eigenvalue weighted by Crippen LogP contribution is -1.85. The Bertz CT molecular complexity index is 288. The maximum atomic E-state index is 8.68. The highest BCUT2D eigenvalue weighted by atomic mass is 79.9. The average Bonchev–Trinajstić information content (AvgIpc) is 2.04. The molecule has 0 unspecified atom stereocenters. The minimum atomic E-state index is 0.0610. The molecule has 1 aromatic rings. The third-order valence-electron chi connectivity index (χ3n) is 1.32. The molecule has 11 heavy (non-hydrogen) atoms. The lowest BCUT2D eigenvalue weighted by atomic mass is 10.1. The first-order valence-electron chi connectivity index (χ1n) is 3.03. The number of hydrogen-bond acceptors (Lipinski definition) is 1. The van der Waals surface area contributed by atoms with Crippen molar-refractivity contribution in [2.45, 2.75) is 3.74 Å². The third kappa shape index (κ3) is 2.05. The van der Waals surface area contributed by atoms with Crippen molar-refractivity contribution in [2.75, 3.05) is 0 Å². The zero-order chi connectivity index (χ0) is 8.27. The van der Waals surface area contributed by atoms with Crippen LogP contribution in [-0.2, 0) is 0 Å². The number of benzene rings is 1. The second-order valence-electron chi connectivity index (χ2n) is 2.00. The summed E-state index contributed by atoms with van der Waals surface area (Å²) in [4.78, 5) is 0. The van der Waals surface area contributed by atoms with Crippen molar-refractivity contribution in [3.63, 3.8) is 0 Å². The highest BCUT2D eigenvalue weighted by Crippen LogP contribution is 2.30. The van der Waals surface area contributed by atoms with Crippen LogP contribution in [0.4, 0.5) is 0 Å². The van der Waals surface area contributed by atoms with Gasteiger partial charge < -0.3 is 0 Å². The van der Waals surface area contributed by atoms with Crippen LogP contribution in [0.2, 0.25) is 0 Å². The molecule has 0 N–H and O–H groups in total. The molecule has 1 nitrogen and oxygen atoms in total. The largest absolute Gasteiger partial charge is 0.192 e. The quantitative estimate of drug-likeness (QED) is 0.721. The summed E-state index contributed by atoms with van der Waals surface area (Å²) in [5.41, 5.74) is 1.67. The summed E-state index contributed by atoms with van der Waals surface area (Å²) in [5.74, 6) is 0. The van der Waals surface area contributed by atoms with Gasteiger partial charge in [-0.1, -0.05) is 50.1 Å². The van der Waals surface area contributed by atoms with Gasteiger partial charge in [-0.25, -0.2) is 0 Å². The van der Waals surface area contributed by atoms with Gasteiger partial charge in [0.1, 0.15) is 0 Å². The predicted octanol–water partition coefficient (Wildman–Crippen LogP) is 3.35. The van der Waals surface area contributed by atoms with Crippen molar-refractivity contribution in [3.8, 4) is 6.07 Å². The Morgan fingerprint density at radius 1 is 1.27 bits per heavy atom. The van der Waals surface area contributed by atoms with E-state index in [2.05, 4.69) is 37.9 Å². The van der Waals surface area contributed by atoms with E-state index in [1.165, 1.54) is 0 Å². The first kappa shape index (κ1) is 8.76. The number of hydrogen-bond donors (Lipinski definition) is 0. The van der Waals surface area contributed by atoms with Gasteiger partial charge in [0.15, 0.2) is 0 Å². The van der Waals surface area contributed by atoms with Gasteiger partial charge in [0.25, 0.3) is 0 Å². The SMILES string of the molecule is N#Cc1ccccc1C(Br)Br. The second kappa shape index (κ2) is 3.89. The normalized spacial score (nSPS) is 9.64. The van der Waals surface area contributed by atoms with Crippen LogP contribution in [0.5, 0.6) is 0 Å². The third-order valence-corrected chi connectivity index (χ3v) is 2.30. The highest BCUT2D eigenvalue weighted by Gasteiger charge is 2.06. The van der Waals surface area contributed by atoms with Crippen LogP contribution in [0.3, 0.4) is 0 Å². The fraction of sp³-hybridized carbons (Fsp3) is 0.125. The fourth-order valence-corrected chi connectivity index (χ4v) is 1.59. The summed E-state index contributed by atoms with van der Waals surface area (Å²) >= 11 is 6.68. The standard InChI is InChI=1S/C8H5Br2N/c9-8(10)7-4-2-1-3-6(7)5-11/h1-4,8H. The van der Waals surface area contributed by atoms with E-state index in [9.17, 15) is 0 Å². The van der Waals surface area contributed by atoms with Crippen molar-refractivity contribution >= 4 is 31.9 Å². The number of nitriles is 1. The van der Waals surface area contributed by atoms with Crippen LogP contribution in [-0.4, -0.2) is 0 Å². The van der Waals surface area contributed by atoms with E-state index in [1.54, 1.807) is 6.07 Å². The van der Waals surface area contributed by atoms with Crippen LogP contribution >= 0.6 is 31.9 Å². The Kier molecular flexibility index (Phi) is 3.10. The minimum absolute atomic E-state index is 0.0610. The Balaban J connectivity index is 3.15. The van der Waals surface area contributed by atoms with Gasteiger partial charge in [-0.2, -0.15) is 5.26 Å². The number of nitrogens with zero attached hydrogens (tertiary/aromatic N) is 1. The Morgan fingerprint density at radius 3 is 2.36 bits per heavy atom. The van der Waals surface area contributed by atoms with Gasteiger partial charge in [0.05, 0.1) is 15.4 Å². The molecule has 1 rings (SSSR count). The van der Waals surface area contributed by atoms with Crippen molar-refractivity contribution in [3.05, 3.63) is 35.4 Å². The molecule has 0 bridgehead atoms. The van der Waals surface area contributed by atoms with Crippen LogP contribution in [0.15, 0.2) is 24.3 Å². The summed E-state index contributed by atoms with van der Waals surface area (Å²) in [5, 5.41) is 8.68. The zero-order valence-corrected chi connectivity index (χ0v) is 8.76. The van der Waals surface area contributed by atoms with E-state index >= 15 is 0 Å². The smallest absolute Gasteiger partial charge is 0.0995 e. The predicted molar refractivity (Wildman–Crippen MR) is 51.8 cm³/mol. The summed E-state index contributed by atoms with van der Waals surface area (Å²) in [6, 6.07) is 9.58. The molecule has 56 valence electrons. The molecule has 0 atom stereocenters. The van der Waals surface area contributed by atoms with Gasteiger partial charge >= 0.3 is 0 Å². The molecule has 0 aliphatic rings. The van der Waals surface area contributed by atoms with E-state index in [0.717, 1.165) is 5.56 Å². The molecular weight excluding hydrogens is 270 g/mol. The number of rotatable bonds is 1. The molecule has 0 saturated heterocycles. The first-order chi connectivity index (χ1) is 5.25. The van der Waals surface area contributed by atoms with Crippen LogP contribution in [0.25, 0.3) is 0 Å². The first-order valence-corrected chi connectivity index (χ1v) is 4.86. The highest BCUT2D eigenvalue weighted by molar-refractivity contribution is 9.24. The van der Waals surface area contributed by atoms with E-state index in [0.29, 0.717) is 5.56 Å². The lowest BCUT2D eigenvalue weighted by Gasteiger charge is -2.02.